The third-order valence-electron chi connectivity index (χ3n) is 3.39. The summed E-state index contributed by atoms with van der Waals surface area (Å²) in [4.78, 5) is 0. The maximum Gasteiger partial charge on any atom is 0.155 e. The molecule has 3 rings (SSSR count). The third-order valence-corrected chi connectivity index (χ3v) is 3.72. The molecule has 4 heteroatoms. The second-order valence-electron chi connectivity index (χ2n) is 4.74. The van der Waals surface area contributed by atoms with Crippen molar-refractivity contribution in [2.24, 2.45) is 0 Å². The molecule has 0 unspecified atom stereocenters. The minimum Gasteiger partial charge on any atom is -0.205 e. The van der Waals surface area contributed by atoms with Crippen LogP contribution in [0.5, 0.6) is 0 Å². The topological polar surface area (TPSA) is 0 Å². The molecule has 0 saturated carbocycles. The highest BCUT2D eigenvalue weighted by molar-refractivity contribution is 6.31. The van der Waals surface area contributed by atoms with Crippen LogP contribution in [0.3, 0.4) is 0 Å². The number of halogens is 4. The largest absolute Gasteiger partial charge is 0.205 e. The van der Waals surface area contributed by atoms with E-state index in [0.29, 0.717) is 11.1 Å². The first-order valence-corrected chi connectivity index (χ1v) is 6.96. The molecule has 0 amide bonds. The van der Waals surface area contributed by atoms with Crippen molar-refractivity contribution in [1.82, 2.24) is 0 Å². The van der Waals surface area contributed by atoms with Crippen molar-refractivity contribution < 1.29 is 13.2 Å². The molecule has 0 nitrogen and oxygen atoms in total. The number of hydrogen-bond donors (Lipinski definition) is 0. The number of benzene rings is 3. The van der Waals surface area contributed by atoms with Gasteiger partial charge in [0.2, 0.25) is 0 Å². The summed E-state index contributed by atoms with van der Waals surface area (Å²) in [5.41, 5.74) is -0.0510. The van der Waals surface area contributed by atoms with Gasteiger partial charge in [-0.15, -0.1) is 0 Å². The van der Waals surface area contributed by atoms with Crippen LogP contribution in [-0.2, 0) is 0 Å². The molecule has 110 valence electrons. The van der Waals surface area contributed by atoms with Crippen LogP contribution in [0.2, 0.25) is 5.02 Å². The summed E-state index contributed by atoms with van der Waals surface area (Å²) in [6, 6.07) is 16.2. The van der Waals surface area contributed by atoms with E-state index in [0.717, 1.165) is 0 Å². The van der Waals surface area contributed by atoms with Gasteiger partial charge in [-0.05, 0) is 11.1 Å². The summed E-state index contributed by atoms with van der Waals surface area (Å²) in [6.07, 6.45) is 0. The van der Waals surface area contributed by atoms with E-state index in [1.807, 2.05) is 0 Å². The lowest BCUT2D eigenvalue weighted by molar-refractivity contribution is 0.553. The Morgan fingerprint density at radius 3 is 1.27 bits per heavy atom. The van der Waals surface area contributed by atoms with Gasteiger partial charge in [-0.1, -0.05) is 72.3 Å². The smallest absolute Gasteiger partial charge is 0.155 e. The van der Waals surface area contributed by atoms with E-state index >= 15 is 0 Å². The van der Waals surface area contributed by atoms with Crippen LogP contribution in [0.1, 0.15) is 0 Å². The molecule has 0 radical (unpaired) electrons. The SMILES string of the molecule is Fc1c(Cl)c(F)c(-c2ccccc2)c(F)c1-c1ccccc1. The lowest BCUT2D eigenvalue weighted by Gasteiger charge is -2.13. The highest BCUT2D eigenvalue weighted by Crippen LogP contribution is 2.39. The van der Waals surface area contributed by atoms with E-state index in [4.69, 9.17) is 11.6 Å². The van der Waals surface area contributed by atoms with E-state index in [9.17, 15) is 13.2 Å². The maximum atomic E-state index is 14.8. The monoisotopic (exact) mass is 318 g/mol. The fourth-order valence-corrected chi connectivity index (χ4v) is 2.54. The van der Waals surface area contributed by atoms with Gasteiger partial charge in [-0.25, -0.2) is 13.2 Å². The van der Waals surface area contributed by atoms with Gasteiger partial charge in [0.15, 0.2) is 11.6 Å². The molecule has 0 heterocycles. The molecule has 0 aliphatic heterocycles. The summed E-state index contributed by atoms with van der Waals surface area (Å²) >= 11 is 5.74. The van der Waals surface area contributed by atoms with Crippen molar-refractivity contribution in [3.05, 3.63) is 83.1 Å². The minimum atomic E-state index is -1.09. The zero-order chi connectivity index (χ0) is 15.7. The second kappa shape index (κ2) is 5.85. The van der Waals surface area contributed by atoms with Crippen LogP contribution in [0.25, 0.3) is 22.3 Å². The molecule has 0 aliphatic rings. The first-order valence-electron chi connectivity index (χ1n) is 6.58. The normalized spacial score (nSPS) is 10.7. The predicted molar refractivity (Wildman–Crippen MR) is 82.2 cm³/mol. The fourth-order valence-electron chi connectivity index (χ4n) is 2.35. The van der Waals surface area contributed by atoms with Gasteiger partial charge in [-0.2, -0.15) is 0 Å². The lowest BCUT2D eigenvalue weighted by Crippen LogP contribution is -2.00. The zero-order valence-corrected chi connectivity index (χ0v) is 12.0. The highest BCUT2D eigenvalue weighted by Gasteiger charge is 2.25. The summed E-state index contributed by atoms with van der Waals surface area (Å²) in [7, 11) is 0. The van der Waals surface area contributed by atoms with Gasteiger partial charge < -0.3 is 0 Å². The van der Waals surface area contributed by atoms with Gasteiger partial charge in [-0.3, -0.25) is 0 Å². The summed E-state index contributed by atoms with van der Waals surface area (Å²) in [6.45, 7) is 0. The Bertz CT molecular complexity index is 748. The van der Waals surface area contributed by atoms with Crippen molar-refractivity contribution >= 4 is 11.6 Å². The molecule has 0 aliphatic carbocycles. The van der Waals surface area contributed by atoms with E-state index in [-0.39, 0.29) is 11.1 Å². The third kappa shape index (κ3) is 2.38. The van der Waals surface area contributed by atoms with Gasteiger partial charge in [0.1, 0.15) is 10.8 Å². The Hall–Kier alpha value is -2.26. The van der Waals surface area contributed by atoms with Gasteiger partial charge in [0, 0.05) is 0 Å². The van der Waals surface area contributed by atoms with Crippen LogP contribution >= 0.6 is 11.6 Å². The molecule has 0 spiro atoms. The van der Waals surface area contributed by atoms with Crippen LogP contribution in [0.4, 0.5) is 13.2 Å². The van der Waals surface area contributed by atoms with Crippen molar-refractivity contribution in [3.63, 3.8) is 0 Å². The zero-order valence-electron chi connectivity index (χ0n) is 11.3. The van der Waals surface area contributed by atoms with Crippen LogP contribution in [0.15, 0.2) is 60.7 Å². The number of rotatable bonds is 2. The summed E-state index contributed by atoms with van der Waals surface area (Å²) in [5.74, 6) is -3.15. The van der Waals surface area contributed by atoms with Crippen LogP contribution < -0.4 is 0 Å². The van der Waals surface area contributed by atoms with Crippen molar-refractivity contribution in [1.29, 1.82) is 0 Å². The molecule has 0 aromatic heterocycles. The molecular formula is C18H10ClF3. The Morgan fingerprint density at radius 1 is 0.545 bits per heavy atom. The van der Waals surface area contributed by atoms with Crippen LogP contribution in [0, 0.1) is 17.5 Å². The first-order chi connectivity index (χ1) is 10.6. The summed E-state index contributed by atoms with van der Waals surface area (Å²) in [5, 5.41) is -0.709. The van der Waals surface area contributed by atoms with E-state index in [2.05, 4.69) is 0 Å². The van der Waals surface area contributed by atoms with Crippen LogP contribution in [-0.4, -0.2) is 0 Å². The van der Waals surface area contributed by atoms with E-state index in [1.54, 1.807) is 60.7 Å². The Balaban J connectivity index is 2.36. The second-order valence-corrected chi connectivity index (χ2v) is 5.12. The standard InChI is InChI=1S/C18H10ClF3/c19-15-17(21)13(11-7-3-1-4-8-11)16(20)14(18(15)22)12-9-5-2-6-10-12/h1-10H. The molecule has 3 aromatic rings. The highest BCUT2D eigenvalue weighted by atomic mass is 35.5. The van der Waals surface area contributed by atoms with Crippen molar-refractivity contribution in [3.8, 4) is 22.3 Å². The molecule has 0 atom stereocenters. The maximum absolute atomic E-state index is 14.8. The molecule has 3 aromatic carbocycles. The molecule has 0 bridgehead atoms. The molecule has 0 saturated heterocycles. The average molecular weight is 319 g/mol. The quantitative estimate of drug-likeness (QED) is 0.396. The van der Waals surface area contributed by atoms with Gasteiger partial charge in [0.05, 0.1) is 11.1 Å². The fraction of sp³-hybridized carbons (Fsp3) is 0. The Morgan fingerprint density at radius 2 is 0.909 bits per heavy atom. The van der Waals surface area contributed by atoms with E-state index in [1.165, 1.54) is 0 Å². The lowest BCUT2D eigenvalue weighted by atomic mass is 9.97. The van der Waals surface area contributed by atoms with E-state index < -0.39 is 22.5 Å². The van der Waals surface area contributed by atoms with Crippen molar-refractivity contribution in [2.45, 2.75) is 0 Å². The number of hydrogen-bond acceptors (Lipinski definition) is 0. The van der Waals surface area contributed by atoms with Crippen molar-refractivity contribution in [2.75, 3.05) is 0 Å². The molecule has 0 fully saturated rings. The van der Waals surface area contributed by atoms with Gasteiger partial charge in [0.25, 0.3) is 0 Å². The predicted octanol–water partition coefficient (Wildman–Crippen LogP) is 6.09. The van der Waals surface area contributed by atoms with Gasteiger partial charge >= 0.3 is 0 Å². The molecular weight excluding hydrogens is 309 g/mol. The Labute approximate surface area is 130 Å². The molecule has 22 heavy (non-hydrogen) atoms. The summed E-state index contributed by atoms with van der Waals surface area (Å²) < 4.78 is 43.4. The Kier molecular flexibility index (Phi) is 3.90. The average Bonchev–Trinajstić information content (AvgIpc) is 2.55. The minimum absolute atomic E-state index is 0.302. The molecule has 0 N–H and O–H groups in total. The first kappa shape index (κ1) is 14.7.